The van der Waals surface area contributed by atoms with Crippen LogP contribution in [0.5, 0.6) is 11.5 Å². The lowest BCUT2D eigenvalue weighted by Crippen LogP contribution is -2.23. The van der Waals surface area contributed by atoms with E-state index >= 15 is 0 Å². The molecule has 110 valence electrons. The van der Waals surface area contributed by atoms with E-state index in [2.05, 4.69) is 10.1 Å². The number of rotatable bonds is 3. The van der Waals surface area contributed by atoms with Crippen LogP contribution in [0.4, 0.5) is 14.5 Å². The molecule has 0 radical (unpaired) electrons. The van der Waals surface area contributed by atoms with Crippen LogP contribution in [0.3, 0.4) is 0 Å². The molecule has 3 nitrogen and oxygen atoms in total. The van der Waals surface area contributed by atoms with Gasteiger partial charge in [-0.3, -0.25) is 0 Å². The highest BCUT2D eigenvalue weighted by atomic mass is 35.5. The summed E-state index contributed by atoms with van der Waals surface area (Å²) in [5.41, 5.74) is 1.58. The molecule has 1 N–H and O–H groups in total. The molecular weight excluding hydrogens is 300 g/mol. The van der Waals surface area contributed by atoms with Crippen LogP contribution in [0.1, 0.15) is 11.7 Å². The molecule has 0 bridgehead atoms. The number of hydrogen-bond acceptors (Lipinski definition) is 3. The molecule has 2 aromatic rings. The molecule has 0 fully saturated rings. The Morgan fingerprint density at radius 2 is 2.10 bits per heavy atom. The molecule has 1 heterocycles. The Kier molecular flexibility index (Phi) is 3.84. The highest BCUT2D eigenvalue weighted by molar-refractivity contribution is 6.30. The first-order chi connectivity index (χ1) is 10.1. The first-order valence-corrected chi connectivity index (χ1v) is 6.74. The number of halogens is 3. The number of benzene rings is 2. The number of ether oxygens (including phenoxy) is 2. The van der Waals surface area contributed by atoms with Crippen LogP contribution in [-0.2, 0) is 0 Å². The van der Waals surface area contributed by atoms with Crippen molar-refractivity contribution in [2.45, 2.75) is 12.7 Å². The Morgan fingerprint density at radius 1 is 1.24 bits per heavy atom. The van der Waals surface area contributed by atoms with Gasteiger partial charge in [0, 0.05) is 5.02 Å². The number of fused-ring (bicyclic) bond motifs is 1. The number of alkyl halides is 2. The van der Waals surface area contributed by atoms with Crippen molar-refractivity contribution in [3.8, 4) is 11.5 Å². The molecule has 0 amide bonds. The smallest absolute Gasteiger partial charge is 0.387 e. The molecule has 1 unspecified atom stereocenters. The lowest BCUT2D eigenvalue weighted by atomic mass is 10.1. The van der Waals surface area contributed by atoms with Gasteiger partial charge in [-0.25, -0.2) is 0 Å². The zero-order valence-electron chi connectivity index (χ0n) is 10.9. The molecule has 0 spiro atoms. The summed E-state index contributed by atoms with van der Waals surface area (Å²) in [5.74, 6) is 0.795. The maximum absolute atomic E-state index is 12.3. The first kappa shape index (κ1) is 13.9. The van der Waals surface area contributed by atoms with Gasteiger partial charge >= 0.3 is 6.61 Å². The number of hydrogen-bond donors (Lipinski definition) is 1. The van der Waals surface area contributed by atoms with Crippen molar-refractivity contribution in [1.82, 2.24) is 0 Å². The van der Waals surface area contributed by atoms with Crippen LogP contribution < -0.4 is 14.8 Å². The van der Waals surface area contributed by atoms with E-state index in [1.165, 1.54) is 6.07 Å². The average molecular weight is 312 g/mol. The van der Waals surface area contributed by atoms with Crippen molar-refractivity contribution >= 4 is 17.3 Å². The van der Waals surface area contributed by atoms with E-state index in [-0.39, 0.29) is 11.9 Å². The van der Waals surface area contributed by atoms with Crippen LogP contribution in [0.15, 0.2) is 42.5 Å². The third-order valence-corrected chi connectivity index (χ3v) is 3.38. The molecule has 1 atom stereocenters. The van der Waals surface area contributed by atoms with Gasteiger partial charge in [0.05, 0.1) is 12.2 Å². The molecule has 1 aliphatic heterocycles. The zero-order valence-corrected chi connectivity index (χ0v) is 11.6. The normalized spacial score (nSPS) is 16.9. The summed E-state index contributed by atoms with van der Waals surface area (Å²) in [5, 5.41) is 3.83. The summed E-state index contributed by atoms with van der Waals surface area (Å²) in [6.45, 7) is -2.32. The van der Waals surface area contributed by atoms with Gasteiger partial charge in [0.1, 0.15) is 17.6 Å². The van der Waals surface area contributed by atoms with Crippen LogP contribution in [0.2, 0.25) is 5.02 Å². The summed E-state index contributed by atoms with van der Waals surface area (Å²) >= 11 is 5.92. The van der Waals surface area contributed by atoms with Crippen molar-refractivity contribution < 1.29 is 18.3 Å². The topological polar surface area (TPSA) is 30.5 Å². The van der Waals surface area contributed by atoms with Crippen LogP contribution in [0.25, 0.3) is 0 Å². The van der Waals surface area contributed by atoms with Crippen LogP contribution >= 0.6 is 11.6 Å². The van der Waals surface area contributed by atoms with Gasteiger partial charge in [-0.15, -0.1) is 0 Å². The van der Waals surface area contributed by atoms with Crippen molar-refractivity contribution in [2.75, 3.05) is 11.9 Å². The minimum absolute atomic E-state index is 0.119. The molecule has 2 aromatic carbocycles. The van der Waals surface area contributed by atoms with E-state index in [0.717, 1.165) is 11.3 Å². The van der Waals surface area contributed by atoms with Crippen LogP contribution in [-0.4, -0.2) is 13.2 Å². The predicted octanol–water partition coefficient (Wildman–Crippen LogP) is 4.49. The van der Waals surface area contributed by atoms with Gasteiger partial charge in [0.25, 0.3) is 0 Å². The second-order valence-corrected chi connectivity index (χ2v) is 5.02. The Bertz CT molecular complexity index is 651. The van der Waals surface area contributed by atoms with E-state index in [1.807, 2.05) is 6.07 Å². The largest absolute Gasteiger partial charge is 0.482 e. The third-order valence-electron chi connectivity index (χ3n) is 3.14. The summed E-state index contributed by atoms with van der Waals surface area (Å²) < 4.78 is 34.8. The number of nitrogens with one attached hydrogen (secondary N) is 1. The Hall–Kier alpha value is -2.01. The highest BCUT2D eigenvalue weighted by Crippen LogP contribution is 2.36. The van der Waals surface area contributed by atoms with E-state index in [0.29, 0.717) is 17.3 Å². The lowest BCUT2D eigenvalue weighted by Gasteiger charge is -2.28. The van der Waals surface area contributed by atoms with Gasteiger partial charge < -0.3 is 14.8 Å². The maximum atomic E-state index is 12.3. The maximum Gasteiger partial charge on any atom is 0.387 e. The zero-order chi connectivity index (χ0) is 14.8. The van der Waals surface area contributed by atoms with Gasteiger partial charge in [-0.1, -0.05) is 23.7 Å². The fourth-order valence-corrected chi connectivity index (χ4v) is 2.39. The minimum atomic E-state index is -2.84. The van der Waals surface area contributed by atoms with Gasteiger partial charge in [-0.05, 0) is 35.9 Å². The minimum Gasteiger partial charge on any atom is -0.482 e. The fraction of sp³-hybridized carbons (Fsp3) is 0.200. The fourth-order valence-electron chi connectivity index (χ4n) is 2.22. The molecule has 21 heavy (non-hydrogen) atoms. The van der Waals surface area contributed by atoms with E-state index in [9.17, 15) is 8.78 Å². The van der Waals surface area contributed by atoms with Crippen molar-refractivity contribution in [2.24, 2.45) is 0 Å². The van der Waals surface area contributed by atoms with Crippen molar-refractivity contribution in [1.29, 1.82) is 0 Å². The lowest BCUT2D eigenvalue weighted by molar-refractivity contribution is -0.0499. The van der Waals surface area contributed by atoms with Gasteiger partial charge in [0.15, 0.2) is 0 Å². The third kappa shape index (κ3) is 3.19. The summed E-state index contributed by atoms with van der Waals surface area (Å²) in [7, 11) is 0. The van der Waals surface area contributed by atoms with Gasteiger partial charge in [-0.2, -0.15) is 8.78 Å². The van der Waals surface area contributed by atoms with E-state index in [1.54, 1.807) is 30.3 Å². The molecule has 3 rings (SSSR count). The first-order valence-electron chi connectivity index (χ1n) is 6.36. The number of anilines is 1. The predicted molar refractivity (Wildman–Crippen MR) is 76.4 cm³/mol. The monoisotopic (exact) mass is 311 g/mol. The van der Waals surface area contributed by atoms with Crippen molar-refractivity contribution in [3.63, 3.8) is 0 Å². The summed E-state index contributed by atoms with van der Waals surface area (Å²) in [4.78, 5) is 0. The van der Waals surface area contributed by atoms with Gasteiger partial charge in [0.2, 0.25) is 0 Å². The summed E-state index contributed by atoms with van der Waals surface area (Å²) in [6, 6.07) is 11.8. The molecule has 0 aliphatic carbocycles. The standard InChI is InChI=1S/C15H12ClF2NO2/c16-10-4-5-13-12(7-10)19-8-14(21-13)9-2-1-3-11(6-9)20-15(17)18/h1-7,14-15,19H,8H2. The quantitative estimate of drug-likeness (QED) is 0.906. The Morgan fingerprint density at radius 3 is 2.90 bits per heavy atom. The molecule has 1 aliphatic rings. The Balaban J connectivity index is 1.81. The molecule has 6 heteroatoms. The van der Waals surface area contributed by atoms with E-state index in [4.69, 9.17) is 16.3 Å². The highest BCUT2D eigenvalue weighted by Gasteiger charge is 2.21. The molecular formula is C15H12ClF2NO2. The van der Waals surface area contributed by atoms with Crippen molar-refractivity contribution in [3.05, 3.63) is 53.1 Å². The molecule has 0 aromatic heterocycles. The second-order valence-electron chi connectivity index (χ2n) is 4.58. The summed E-state index contributed by atoms with van der Waals surface area (Å²) in [6.07, 6.45) is -0.278. The van der Waals surface area contributed by atoms with Crippen LogP contribution in [0, 0.1) is 0 Å². The average Bonchev–Trinajstić information content (AvgIpc) is 2.46. The molecule has 0 saturated heterocycles. The second kappa shape index (κ2) is 5.77. The molecule has 0 saturated carbocycles. The SMILES string of the molecule is FC(F)Oc1cccc(C2CNc3cc(Cl)ccc3O2)c1. The Labute approximate surface area is 125 Å². The van der Waals surface area contributed by atoms with E-state index < -0.39 is 6.61 Å².